The van der Waals surface area contributed by atoms with Crippen molar-refractivity contribution in [1.82, 2.24) is 0 Å². The van der Waals surface area contributed by atoms with E-state index in [0.29, 0.717) is 5.92 Å². The zero-order chi connectivity index (χ0) is 9.03. The minimum absolute atomic E-state index is 0.153. The molecule has 0 bridgehead atoms. The monoisotopic (exact) mass is 164 g/mol. The van der Waals surface area contributed by atoms with Crippen LogP contribution in [0.25, 0.3) is 0 Å². The van der Waals surface area contributed by atoms with E-state index in [2.05, 4.69) is 13.8 Å². The fourth-order valence-electron chi connectivity index (χ4n) is 2.14. The summed E-state index contributed by atoms with van der Waals surface area (Å²) in [6.45, 7) is 4.53. The van der Waals surface area contributed by atoms with Crippen molar-refractivity contribution < 1.29 is 0 Å². The summed E-state index contributed by atoms with van der Waals surface area (Å²) in [6.07, 6.45) is 9.38. The lowest BCUT2D eigenvalue weighted by atomic mass is 9.56. The van der Waals surface area contributed by atoms with Crippen molar-refractivity contribution in [2.75, 3.05) is 0 Å². The molecule has 0 heterocycles. The Hall–Kier alpha value is 0.0649. The van der Waals surface area contributed by atoms with Gasteiger partial charge in [0.2, 0.25) is 0 Å². The molecule has 12 heavy (non-hydrogen) atoms. The van der Waals surface area contributed by atoms with Gasteiger partial charge in [-0.25, -0.2) is 0 Å². The Balaban J connectivity index is 2.48. The number of hydrogen-bond donors (Lipinski definition) is 0. The molecule has 2 radical (unpaired) electrons. The molecule has 68 valence electrons. The van der Waals surface area contributed by atoms with Crippen molar-refractivity contribution in [3.63, 3.8) is 0 Å². The molecule has 0 nitrogen and oxygen atoms in total. The second-order valence-corrected chi connectivity index (χ2v) is 4.66. The highest BCUT2D eigenvalue weighted by molar-refractivity contribution is 6.15. The Bertz CT molecular complexity index is 121. The lowest BCUT2D eigenvalue weighted by molar-refractivity contribution is 0.318. The standard InChI is InChI=1S/C11H21B/c1-10(2)11(12)8-6-4-3-5-7-9-11/h10H,3-9H2,1-2H3. The van der Waals surface area contributed by atoms with Gasteiger partial charge >= 0.3 is 0 Å². The van der Waals surface area contributed by atoms with Crippen molar-refractivity contribution in [1.29, 1.82) is 0 Å². The van der Waals surface area contributed by atoms with Crippen LogP contribution in [0.4, 0.5) is 0 Å². The molecule has 0 spiro atoms. The molecule has 0 saturated heterocycles. The predicted molar refractivity (Wildman–Crippen MR) is 55.6 cm³/mol. The normalized spacial score (nSPS) is 24.9. The Kier molecular flexibility index (Phi) is 3.67. The second-order valence-electron chi connectivity index (χ2n) is 4.66. The first-order chi connectivity index (χ1) is 5.65. The van der Waals surface area contributed by atoms with Gasteiger partial charge in [0.05, 0.1) is 7.85 Å². The molecule has 0 aliphatic heterocycles. The molecular weight excluding hydrogens is 143 g/mol. The summed E-state index contributed by atoms with van der Waals surface area (Å²) >= 11 is 0. The van der Waals surface area contributed by atoms with Gasteiger partial charge in [-0.3, -0.25) is 0 Å². The van der Waals surface area contributed by atoms with Crippen molar-refractivity contribution in [3.05, 3.63) is 0 Å². The summed E-state index contributed by atoms with van der Waals surface area (Å²) in [5, 5.41) is 0.153. The minimum atomic E-state index is 0.153. The molecule has 0 aromatic heterocycles. The van der Waals surface area contributed by atoms with Gasteiger partial charge in [-0.1, -0.05) is 64.1 Å². The maximum atomic E-state index is 6.37. The van der Waals surface area contributed by atoms with Crippen molar-refractivity contribution >= 4 is 7.85 Å². The molecule has 1 rings (SSSR count). The highest BCUT2D eigenvalue weighted by Crippen LogP contribution is 2.43. The van der Waals surface area contributed by atoms with Crippen LogP contribution < -0.4 is 0 Å². The molecule has 1 aliphatic rings. The maximum Gasteiger partial charge on any atom is 0.0749 e. The van der Waals surface area contributed by atoms with Gasteiger partial charge in [0.1, 0.15) is 0 Å². The quantitative estimate of drug-likeness (QED) is 0.518. The van der Waals surface area contributed by atoms with E-state index in [0.717, 1.165) is 0 Å². The summed E-state index contributed by atoms with van der Waals surface area (Å²) in [5.41, 5.74) is 0. The third-order valence-corrected chi connectivity index (χ3v) is 3.43. The van der Waals surface area contributed by atoms with Crippen molar-refractivity contribution in [2.24, 2.45) is 5.92 Å². The van der Waals surface area contributed by atoms with Gasteiger partial charge < -0.3 is 0 Å². The molecule has 1 heteroatoms. The fourth-order valence-corrected chi connectivity index (χ4v) is 2.14. The number of rotatable bonds is 1. The van der Waals surface area contributed by atoms with Gasteiger partial charge in [0, 0.05) is 0 Å². The SMILES string of the molecule is [B]C1(C(C)C)CCCCCCC1. The van der Waals surface area contributed by atoms with E-state index in [9.17, 15) is 0 Å². The van der Waals surface area contributed by atoms with Gasteiger partial charge in [-0.15, -0.1) is 0 Å². The number of hydrogen-bond acceptors (Lipinski definition) is 0. The molecule has 0 atom stereocenters. The van der Waals surface area contributed by atoms with Gasteiger partial charge in [-0.2, -0.15) is 0 Å². The van der Waals surface area contributed by atoms with Crippen LogP contribution in [0, 0.1) is 5.92 Å². The van der Waals surface area contributed by atoms with Crippen LogP contribution in [0.15, 0.2) is 0 Å². The summed E-state index contributed by atoms with van der Waals surface area (Å²) in [5.74, 6) is 0.649. The highest BCUT2D eigenvalue weighted by atomic mass is 14.3. The third-order valence-electron chi connectivity index (χ3n) is 3.43. The molecule has 0 unspecified atom stereocenters. The van der Waals surface area contributed by atoms with Crippen LogP contribution in [0.5, 0.6) is 0 Å². The first-order valence-electron chi connectivity index (χ1n) is 5.44. The zero-order valence-corrected chi connectivity index (χ0v) is 8.60. The zero-order valence-electron chi connectivity index (χ0n) is 8.60. The summed E-state index contributed by atoms with van der Waals surface area (Å²) < 4.78 is 0. The van der Waals surface area contributed by atoms with Crippen LogP contribution in [-0.2, 0) is 0 Å². The van der Waals surface area contributed by atoms with Crippen LogP contribution in [0.1, 0.15) is 58.8 Å². The molecular formula is C11H21B. The van der Waals surface area contributed by atoms with Crippen LogP contribution in [0.2, 0.25) is 5.31 Å². The molecule has 1 aliphatic carbocycles. The van der Waals surface area contributed by atoms with E-state index >= 15 is 0 Å². The Morgan fingerprint density at radius 1 is 0.917 bits per heavy atom. The Morgan fingerprint density at radius 3 is 1.75 bits per heavy atom. The van der Waals surface area contributed by atoms with E-state index in [-0.39, 0.29) is 5.31 Å². The third kappa shape index (κ3) is 2.53. The Morgan fingerprint density at radius 2 is 1.33 bits per heavy atom. The molecule has 0 aromatic rings. The van der Waals surface area contributed by atoms with E-state index in [1.165, 1.54) is 44.9 Å². The van der Waals surface area contributed by atoms with E-state index < -0.39 is 0 Å². The average Bonchev–Trinajstić information content (AvgIpc) is 1.97. The summed E-state index contributed by atoms with van der Waals surface area (Å²) in [4.78, 5) is 0. The second kappa shape index (κ2) is 4.34. The Labute approximate surface area is 78.5 Å². The van der Waals surface area contributed by atoms with E-state index in [1.54, 1.807) is 0 Å². The van der Waals surface area contributed by atoms with Gasteiger partial charge in [0.25, 0.3) is 0 Å². The molecule has 0 aromatic carbocycles. The van der Waals surface area contributed by atoms with Crippen LogP contribution >= 0.6 is 0 Å². The largest absolute Gasteiger partial charge is 0.0749 e. The van der Waals surface area contributed by atoms with E-state index in [4.69, 9.17) is 7.85 Å². The van der Waals surface area contributed by atoms with E-state index in [1.807, 2.05) is 0 Å². The lowest BCUT2D eigenvalue weighted by Crippen LogP contribution is -2.21. The minimum Gasteiger partial charge on any atom is -0.0638 e. The first kappa shape index (κ1) is 10.1. The molecule has 0 amide bonds. The van der Waals surface area contributed by atoms with Gasteiger partial charge in [0.15, 0.2) is 0 Å². The van der Waals surface area contributed by atoms with Crippen LogP contribution in [-0.4, -0.2) is 7.85 Å². The molecule has 1 saturated carbocycles. The average molecular weight is 164 g/mol. The summed E-state index contributed by atoms with van der Waals surface area (Å²) in [7, 11) is 6.37. The summed E-state index contributed by atoms with van der Waals surface area (Å²) in [6, 6.07) is 0. The van der Waals surface area contributed by atoms with Crippen LogP contribution in [0.3, 0.4) is 0 Å². The highest BCUT2D eigenvalue weighted by Gasteiger charge is 2.27. The van der Waals surface area contributed by atoms with Gasteiger partial charge in [-0.05, 0) is 5.92 Å². The molecule has 1 fully saturated rings. The smallest absolute Gasteiger partial charge is 0.0638 e. The maximum absolute atomic E-state index is 6.37. The predicted octanol–water partition coefficient (Wildman–Crippen LogP) is 3.71. The topological polar surface area (TPSA) is 0 Å². The molecule has 0 N–H and O–H groups in total. The lowest BCUT2D eigenvalue weighted by Gasteiger charge is -2.36. The fraction of sp³-hybridized carbons (Fsp3) is 1.00. The van der Waals surface area contributed by atoms with Crippen molar-refractivity contribution in [2.45, 2.75) is 64.1 Å². The first-order valence-corrected chi connectivity index (χ1v) is 5.44. The van der Waals surface area contributed by atoms with Crippen molar-refractivity contribution in [3.8, 4) is 0 Å².